The molecular formula is C32H56N10O10+2. The van der Waals surface area contributed by atoms with Crippen molar-refractivity contribution in [3.8, 4) is 0 Å². The highest BCUT2D eigenvalue weighted by molar-refractivity contribution is 5.96. The highest BCUT2D eigenvalue weighted by atomic mass is 16.4. The molecule has 0 spiro atoms. The van der Waals surface area contributed by atoms with E-state index in [1.54, 1.807) is 27.7 Å². The molecule has 52 heavy (non-hydrogen) atoms. The molecule has 6 atom stereocenters. The number of nitrogens with zero attached hydrogens (tertiary/aromatic N) is 1. The molecule has 16 N–H and O–H groups in total. The first kappa shape index (κ1) is 44.9. The number of rotatable bonds is 25. The minimum absolute atomic E-state index is 0.0417. The molecule has 1 aromatic rings. The topological polar surface area (TPSA) is 347 Å². The van der Waals surface area contributed by atoms with E-state index in [2.05, 4.69) is 48.0 Å². The predicted molar refractivity (Wildman–Crippen MR) is 183 cm³/mol. The van der Waals surface area contributed by atoms with Crippen molar-refractivity contribution in [2.24, 2.45) is 17.6 Å². The summed E-state index contributed by atoms with van der Waals surface area (Å²) in [7, 11) is 0. The zero-order chi connectivity index (χ0) is 39.5. The number of unbranched alkanes of at least 4 members (excludes halogenated alkanes) is 1. The molecule has 1 heterocycles. The van der Waals surface area contributed by atoms with Crippen LogP contribution in [0.1, 0.15) is 78.3 Å². The summed E-state index contributed by atoms with van der Waals surface area (Å²) >= 11 is 0. The highest BCUT2D eigenvalue weighted by Gasteiger charge is 2.35. The van der Waals surface area contributed by atoms with Gasteiger partial charge in [-0.25, -0.2) is 9.78 Å². The van der Waals surface area contributed by atoms with Crippen LogP contribution < -0.4 is 43.8 Å². The third-order valence-corrected chi connectivity index (χ3v) is 8.10. The van der Waals surface area contributed by atoms with E-state index < -0.39 is 95.5 Å². The molecule has 0 saturated heterocycles. The Morgan fingerprint density at radius 3 is 1.73 bits per heavy atom. The largest absolute Gasteiger partial charge is 0.481 e. The number of hydrogen-bond acceptors (Lipinski definition) is 9. The van der Waals surface area contributed by atoms with Gasteiger partial charge in [-0.2, -0.15) is 0 Å². The van der Waals surface area contributed by atoms with Crippen LogP contribution in [-0.2, 0) is 44.8 Å². The van der Waals surface area contributed by atoms with Crippen LogP contribution in [0.15, 0.2) is 12.5 Å². The van der Waals surface area contributed by atoms with E-state index >= 15 is 0 Å². The van der Waals surface area contributed by atoms with Crippen LogP contribution in [0.2, 0.25) is 0 Å². The van der Waals surface area contributed by atoms with Crippen molar-refractivity contribution in [1.82, 2.24) is 36.6 Å². The molecule has 0 aliphatic rings. The first-order chi connectivity index (χ1) is 24.4. The quantitative estimate of drug-likeness (QED) is 0.0428. The molecule has 0 aliphatic heterocycles. The molecule has 0 saturated carbocycles. The Morgan fingerprint density at radius 1 is 0.731 bits per heavy atom. The van der Waals surface area contributed by atoms with Gasteiger partial charge in [0.1, 0.15) is 30.2 Å². The molecule has 0 bridgehead atoms. The van der Waals surface area contributed by atoms with E-state index in [0.717, 1.165) is 0 Å². The average molecular weight is 741 g/mol. The van der Waals surface area contributed by atoms with E-state index in [-0.39, 0.29) is 38.5 Å². The number of primary amides is 1. The van der Waals surface area contributed by atoms with Gasteiger partial charge in [-0.3, -0.25) is 33.6 Å². The summed E-state index contributed by atoms with van der Waals surface area (Å²) in [6.07, 6.45) is 3.19. The lowest BCUT2D eigenvalue weighted by Gasteiger charge is -2.29. The van der Waals surface area contributed by atoms with Crippen molar-refractivity contribution in [3.05, 3.63) is 18.2 Å². The van der Waals surface area contributed by atoms with Crippen LogP contribution in [0.5, 0.6) is 0 Å². The Morgan fingerprint density at radius 2 is 1.27 bits per heavy atom. The highest BCUT2D eigenvalue weighted by Crippen LogP contribution is 2.10. The fourth-order valence-corrected chi connectivity index (χ4v) is 4.98. The average Bonchev–Trinajstić information content (AvgIpc) is 3.58. The van der Waals surface area contributed by atoms with Gasteiger partial charge in [-0.15, -0.1) is 0 Å². The Kier molecular flexibility index (Phi) is 19.6. The monoisotopic (exact) mass is 740 g/mol. The number of hydrogen-bond donors (Lipinski definition) is 11. The molecule has 20 nitrogen and oxygen atoms in total. The van der Waals surface area contributed by atoms with Gasteiger partial charge in [0.25, 0.3) is 5.91 Å². The number of carbonyl (C=O) groups is 8. The van der Waals surface area contributed by atoms with E-state index in [9.17, 15) is 43.5 Å². The van der Waals surface area contributed by atoms with E-state index in [1.807, 2.05) is 0 Å². The zero-order valence-electron chi connectivity index (χ0n) is 30.2. The van der Waals surface area contributed by atoms with Crippen molar-refractivity contribution < 1.29 is 60.0 Å². The number of amides is 6. The maximum absolute atomic E-state index is 13.8. The molecule has 292 valence electrons. The lowest BCUT2D eigenvalue weighted by molar-refractivity contribution is -0.405. The number of imidazole rings is 1. The second-order valence-electron chi connectivity index (χ2n) is 13.2. The molecule has 0 fully saturated rings. The maximum Gasteiger partial charge on any atom is 0.326 e. The lowest BCUT2D eigenvalue weighted by Crippen LogP contribution is -2.69. The second kappa shape index (κ2) is 22.7. The molecule has 1 aromatic heterocycles. The molecular weight excluding hydrogens is 684 g/mol. The Balaban J connectivity index is 3.24. The van der Waals surface area contributed by atoms with Gasteiger partial charge in [-0.1, -0.05) is 27.7 Å². The van der Waals surface area contributed by atoms with Crippen LogP contribution in [0.4, 0.5) is 0 Å². The fraction of sp³-hybridized carbons (Fsp3) is 0.656. The summed E-state index contributed by atoms with van der Waals surface area (Å²) < 4.78 is 0. The number of carboxylic acids is 2. The van der Waals surface area contributed by atoms with Crippen molar-refractivity contribution in [2.75, 3.05) is 6.54 Å². The van der Waals surface area contributed by atoms with Crippen LogP contribution in [-0.4, -0.2) is 110 Å². The number of quaternary nitrogens is 2. The van der Waals surface area contributed by atoms with Gasteiger partial charge in [0.05, 0.1) is 19.3 Å². The SMILES string of the molecule is CC(C)[C@H](NC(=O)[C@H](Cc1cnc[nH]1)NC(=O)[C@@H](NC(=O)[C@H](CCCC[NH3+])NC(=O)[C@@H]([NH3+])CCC(=O)O)C(C)C)C(=O)N[C@@H](CCC(N)=O)C(=O)O. The summed E-state index contributed by atoms with van der Waals surface area (Å²) in [5.41, 5.74) is 13.1. The molecule has 6 amide bonds. The van der Waals surface area contributed by atoms with Crippen molar-refractivity contribution in [3.63, 3.8) is 0 Å². The van der Waals surface area contributed by atoms with Crippen LogP contribution >= 0.6 is 0 Å². The van der Waals surface area contributed by atoms with Gasteiger partial charge in [0, 0.05) is 31.2 Å². The Hall–Kier alpha value is -5.11. The fourth-order valence-electron chi connectivity index (χ4n) is 4.98. The third kappa shape index (κ3) is 16.3. The van der Waals surface area contributed by atoms with Crippen molar-refractivity contribution in [1.29, 1.82) is 0 Å². The molecule has 20 heteroatoms. The third-order valence-electron chi connectivity index (χ3n) is 8.10. The number of nitrogens with two attached hydrogens (primary N) is 1. The number of aromatic amines is 1. The Labute approximate surface area is 301 Å². The number of carbonyl (C=O) groups excluding carboxylic acids is 6. The summed E-state index contributed by atoms with van der Waals surface area (Å²) in [6.45, 7) is 7.15. The smallest absolute Gasteiger partial charge is 0.326 e. The van der Waals surface area contributed by atoms with Gasteiger partial charge < -0.3 is 59.0 Å². The molecule has 0 aliphatic carbocycles. The zero-order valence-corrected chi connectivity index (χ0v) is 30.2. The first-order valence-electron chi connectivity index (χ1n) is 17.2. The lowest BCUT2D eigenvalue weighted by atomic mass is 9.99. The molecule has 1 rings (SSSR count). The summed E-state index contributed by atoms with van der Waals surface area (Å²) in [6, 6.07) is -7.21. The summed E-state index contributed by atoms with van der Waals surface area (Å²) in [4.78, 5) is 108. The van der Waals surface area contributed by atoms with E-state index in [1.165, 1.54) is 12.5 Å². The minimum atomic E-state index is -1.45. The molecule has 0 radical (unpaired) electrons. The number of nitrogens with one attached hydrogen (secondary N) is 6. The van der Waals surface area contributed by atoms with E-state index in [0.29, 0.717) is 25.1 Å². The molecule has 0 aromatic carbocycles. The van der Waals surface area contributed by atoms with Crippen LogP contribution in [0.25, 0.3) is 0 Å². The van der Waals surface area contributed by atoms with Crippen LogP contribution in [0.3, 0.4) is 0 Å². The first-order valence-corrected chi connectivity index (χ1v) is 17.2. The number of H-pyrrole nitrogens is 1. The van der Waals surface area contributed by atoms with Crippen molar-refractivity contribution in [2.45, 2.75) is 115 Å². The predicted octanol–water partition coefficient (Wildman–Crippen LogP) is -4.07. The van der Waals surface area contributed by atoms with E-state index in [4.69, 9.17) is 10.8 Å². The summed E-state index contributed by atoms with van der Waals surface area (Å²) in [5, 5.41) is 31.3. The maximum atomic E-state index is 13.8. The van der Waals surface area contributed by atoms with Crippen LogP contribution in [0, 0.1) is 11.8 Å². The van der Waals surface area contributed by atoms with Gasteiger partial charge in [0.15, 0.2) is 6.04 Å². The van der Waals surface area contributed by atoms with Gasteiger partial charge >= 0.3 is 11.9 Å². The number of aromatic nitrogens is 2. The number of carboxylic acid groups (broad SMARTS) is 2. The summed E-state index contributed by atoms with van der Waals surface area (Å²) in [5.74, 6) is -7.97. The van der Waals surface area contributed by atoms with Crippen molar-refractivity contribution >= 4 is 47.4 Å². The molecule has 0 unspecified atom stereocenters. The normalized spacial score (nSPS) is 14.6. The Bertz CT molecular complexity index is 1370. The standard InChI is InChI=1S/C32H54N10O10/c1-16(2)25(30(49)39-21(32(51)52)9-10-23(35)43)42-29(48)22(13-18-14-36-15-37-18)40-31(50)26(17(3)4)41-28(47)20(7-5-6-12-33)38-27(46)19(34)8-11-24(44)45/h14-17,19-22,25-26H,5-13,33-34H2,1-4H3,(H2,35,43)(H,36,37)(H,38,46)(H,39,49)(H,40,50)(H,41,47)(H,42,48)(H,44,45)(H,51,52)/p+2/t19-,20-,21-,22-,25-,26-/m0/s1. The minimum Gasteiger partial charge on any atom is -0.481 e. The van der Waals surface area contributed by atoms with Gasteiger partial charge in [-0.05, 0) is 37.5 Å². The van der Waals surface area contributed by atoms with Gasteiger partial charge in [0.2, 0.25) is 29.5 Å². The second-order valence-corrected chi connectivity index (χ2v) is 13.2. The number of aliphatic carboxylic acids is 2.